The van der Waals surface area contributed by atoms with E-state index >= 15 is 0 Å². The Hall–Kier alpha value is -2.49. The van der Waals surface area contributed by atoms with Gasteiger partial charge in [0.15, 0.2) is 0 Å². The van der Waals surface area contributed by atoms with E-state index in [1.807, 2.05) is 19.1 Å². The van der Waals surface area contributed by atoms with Gasteiger partial charge in [-0.1, -0.05) is 6.07 Å². The van der Waals surface area contributed by atoms with Crippen molar-refractivity contribution in [3.8, 4) is 0 Å². The maximum atomic E-state index is 13.3. The van der Waals surface area contributed by atoms with Crippen molar-refractivity contribution in [2.45, 2.75) is 62.2 Å². The lowest BCUT2D eigenvalue weighted by Crippen LogP contribution is -2.48. The fraction of sp³-hybridized carbons (Fsp3) is 0.458. The molecule has 0 aromatic heterocycles. The van der Waals surface area contributed by atoms with Crippen LogP contribution in [0.1, 0.15) is 38.2 Å². The minimum atomic E-state index is -3.84. The van der Waals surface area contributed by atoms with Crippen molar-refractivity contribution < 1.29 is 17.6 Å². The van der Waals surface area contributed by atoms with Gasteiger partial charge in [0.25, 0.3) is 10.0 Å². The number of sulfonamides is 1. The second kappa shape index (κ2) is 8.70. The zero-order chi connectivity index (χ0) is 23.2. The maximum absolute atomic E-state index is 13.3. The smallest absolute Gasteiger partial charge is 0.264 e. The summed E-state index contributed by atoms with van der Waals surface area (Å²) in [4.78, 5) is 15.5. The Morgan fingerprint density at radius 1 is 1.09 bits per heavy atom. The van der Waals surface area contributed by atoms with Crippen molar-refractivity contribution in [2.24, 2.45) is 0 Å². The highest BCUT2D eigenvalue weighted by atomic mass is 32.2. The molecule has 176 valence electrons. The molecule has 3 aliphatic heterocycles. The third kappa shape index (κ3) is 4.13. The van der Waals surface area contributed by atoms with Gasteiger partial charge in [0.1, 0.15) is 11.9 Å². The van der Waals surface area contributed by atoms with Crippen LogP contribution >= 0.6 is 0 Å². The number of carbonyl (C=O) groups is 1. The summed E-state index contributed by atoms with van der Waals surface area (Å²) in [5, 5.41) is 6.55. The van der Waals surface area contributed by atoms with Crippen LogP contribution in [0.4, 0.5) is 15.8 Å². The van der Waals surface area contributed by atoms with Crippen LogP contribution in [-0.4, -0.2) is 50.6 Å². The topological polar surface area (TPSA) is 81.8 Å². The zero-order valence-corrected chi connectivity index (χ0v) is 19.4. The molecule has 3 unspecified atom stereocenters. The molecule has 0 saturated carbocycles. The van der Waals surface area contributed by atoms with E-state index in [2.05, 4.69) is 15.5 Å². The Morgan fingerprint density at radius 3 is 2.67 bits per heavy atom. The van der Waals surface area contributed by atoms with Crippen molar-refractivity contribution in [1.29, 1.82) is 0 Å². The number of amides is 1. The molecular weight excluding hydrogens is 443 g/mol. The highest BCUT2D eigenvalue weighted by Crippen LogP contribution is 2.35. The van der Waals surface area contributed by atoms with Gasteiger partial charge in [-0.3, -0.25) is 19.3 Å². The second-order valence-electron chi connectivity index (χ2n) is 9.12. The van der Waals surface area contributed by atoms with Gasteiger partial charge in [-0.05, 0) is 81.0 Å². The molecule has 7 nitrogen and oxygen atoms in total. The molecule has 3 aliphatic rings. The first-order valence-corrected chi connectivity index (χ1v) is 13.0. The predicted octanol–water partition coefficient (Wildman–Crippen LogP) is 3.08. The summed E-state index contributed by atoms with van der Waals surface area (Å²) in [6.07, 6.45) is 4.99. The molecule has 0 aliphatic carbocycles. The van der Waals surface area contributed by atoms with Crippen LogP contribution in [0.5, 0.6) is 0 Å². The van der Waals surface area contributed by atoms with Crippen LogP contribution in [0.25, 0.3) is 0 Å². The monoisotopic (exact) mass is 472 g/mol. The lowest BCUT2D eigenvalue weighted by atomic mass is 10.0. The minimum Gasteiger partial charge on any atom is -0.325 e. The summed E-state index contributed by atoms with van der Waals surface area (Å²) >= 11 is 0. The van der Waals surface area contributed by atoms with Gasteiger partial charge >= 0.3 is 0 Å². The summed E-state index contributed by atoms with van der Waals surface area (Å²) in [5.74, 6) is -0.562. The number of anilines is 2. The summed E-state index contributed by atoms with van der Waals surface area (Å²) in [7, 11) is -3.84. The third-order valence-corrected chi connectivity index (χ3v) is 8.76. The molecule has 33 heavy (non-hydrogen) atoms. The number of benzene rings is 2. The van der Waals surface area contributed by atoms with Gasteiger partial charge < -0.3 is 5.32 Å². The molecule has 2 fully saturated rings. The van der Waals surface area contributed by atoms with E-state index in [-0.39, 0.29) is 29.1 Å². The Bertz CT molecular complexity index is 1150. The maximum Gasteiger partial charge on any atom is 0.264 e. The van der Waals surface area contributed by atoms with E-state index < -0.39 is 15.8 Å². The number of nitrogens with zero attached hydrogens (tertiary/aromatic N) is 2. The Balaban J connectivity index is 1.41. The van der Waals surface area contributed by atoms with Crippen molar-refractivity contribution in [1.82, 2.24) is 10.2 Å². The number of piperidine rings is 1. The van der Waals surface area contributed by atoms with E-state index in [0.29, 0.717) is 24.3 Å². The lowest BCUT2D eigenvalue weighted by molar-refractivity contribution is -0.121. The average Bonchev–Trinajstić information content (AvgIpc) is 3.14. The molecular formula is C24H29FN4O3S. The van der Waals surface area contributed by atoms with Crippen molar-refractivity contribution >= 4 is 27.3 Å². The molecule has 0 bridgehead atoms. The fourth-order valence-corrected chi connectivity index (χ4v) is 6.88. The normalized spacial score (nSPS) is 25.4. The SMILES string of the molecule is CC1NC2CCCCN2C1C(=O)Nc1ccc2c(c1)N(S(=O)(=O)c1ccc(F)cc1)CCC2. The average molecular weight is 473 g/mol. The molecule has 5 rings (SSSR count). The van der Waals surface area contributed by atoms with Crippen molar-refractivity contribution in [3.05, 3.63) is 53.8 Å². The van der Waals surface area contributed by atoms with E-state index in [9.17, 15) is 17.6 Å². The van der Waals surface area contributed by atoms with Crippen LogP contribution in [0.3, 0.4) is 0 Å². The van der Waals surface area contributed by atoms with E-state index in [0.717, 1.165) is 43.5 Å². The number of halogens is 1. The number of carbonyl (C=O) groups excluding carboxylic acids is 1. The highest BCUT2D eigenvalue weighted by Gasteiger charge is 2.43. The van der Waals surface area contributed by atoms with Gasteiger partial charge in [0.2, 0.25) is 5.91 Å². The Morgan fingerprint density at radius 2 is 1.88 bits per heavy atom. The molecule has 3 heterocycles. The number of rotatable bonds is 4. The second-order valence-corrected chi connectivity index (χ2v) is 11.0. The highest BCUT2D eigenvalue weighted by molar-refractivity contribution is 7.92. The van der Waals surface area contributed by atoms with E-state index in [1.54, 1.807) is 6.07 Å². The quantitative estimate of drug-likeness (QED) is 0.715. The standard InChI is InChI=1S/C24H29FN4O3S/c1-16-23(28-13-3-2-6-22(28)26-16)24(30)27-19-10-7-17-5-4-14-29(21(17)15-19)33(31,32)20-11-8-18(25)9-12-20/h7-12,15-16,22-23,26H,2-6,13-14H2,1H3,(H,27,30). The van der Waals surface area contributed by atoms with Gasteiger partial charge in [-0.25, -0.2) is 12.8 Å². The van der Waals surface area contributed by atoms with Crippen LogP contribution in [0.15, 0.2) is 47.4 Å². The zero-order valence-electron chi connectivity index (χ0n) is 18.6. The fourth-order valence-electron chi connectivity index (χ4n) is 5.34. The van der Waals surface area contributed by atoms with Crippen LogP contribution in [-0.2, 0) is 21.2 Å². The first-order chi connectivity index (χ1) is 15.8. The number of nitrogens with one attached hydrogen (secondary N) is 2. The largest absolute Gasteiger partial charge is 0.325 e. The number of hydrogen-bond acceptors (Lipinski definition) is 5. The Labute approximate surface area is 194 Å². The first kappa shape index (κ1) is 22.3. The Kier molecular flexibility index (Phi) is 5.88. The lowest BCUT2D eigenvalue weighted by Gasteiger charge is -2.33. The van der Waals surface area contributed by atoms with Gasteiger partial charge in [-0.2, -0.15) is 0 Å². The third-order valence-electron chi connectivity index (χ3n) is 6.93. The molecule has 1 amide bonds. The van der Waals surface area contributed by atoms with E-state index in [1.165, 1.54) is 22.9 Å². The molecule has 2 aromatic carbocycles. The number of aryl methyl sites for hydroxylation is 1. The molecule has 0 spiro atoms. The molecule has 3 atom stereocenters. The summed E-state index contributed by atoms with van der Waals surface area (Å²) in [5.41, 5.74) is 2.06. The van der Waals surface area contributed by atoms with Gasteiger partial charge in [0.05, 0.1) is 16.7 Å². The molecule has 2 aromatic rings. The van der Waals surface area contributed by atoms with Crippen molar-refractivity contribution in [2.75, 3.05) is 22.7 Å². The minimum absolute atomic E-state index is 0.0427. The summed E-state index contributed by atoms with van der Waals surface area (Å²) < 4.78 is 41.3. The molecule has 9 heteroatoms. The van der Waals surface area contributed by atoms with Crippen LogP contribution in [0, 0.1) is 5.82 Å². The van der Waals surface area contributed by atoms with Crippen LogP contribution in [0.2, 0.25) is 0 Å². The van der Waals surface area contributed by atoms with E-state index in [4.69, 9.17) is 0 Å². The number of hydrogen-bond donors (Lipinski definition) is 2. The van der Waals surface area contributed by atoms with Crippen molar-refractivity contribution in [3.63, 3.8) is 0 Å². The van der Waals surface area contributed by atoms with Crippen LogP contribution < -0.4 is 14.9 Å². The first-order valence-electron chi connectivity index (χ1n) is 11.6. The summed E-state index contributed by atoms with van der Waals surface area (Å²) in [6, 6.07) is 10.1. The molecule has 2 saturated heterocycles. The van der Waals surface area contributed by atoms with Gasteiger partial charge in [-0.15, -0.1) is 0 Å². The molecule has 2 N–H and O–H groups in total. The number of fused-ring (bicyclic) bond motifs is 2. The van der Waals surface area contributed by atoms with Gasteiger partial charge in [0, 0.05) is 24.8 Å². The summed E-state index contributed by atoms with van der Waals surface area (Å²) in [6.45, 7) is 3.27. The molecule has 0 radical (unpaired) electrons. The predicted molar refractivity (Wildman–Crippen MR) is 125 cm³/mol.